The van der Waals surface area contributed by atoms with E-state index >= 15 is 0 Å². The van der Waals surface area contributed by atoms with E-state index in [2.05, 4.69) is 19.9 Å². The van der Waals surface area contributed by atoms with Crippen LogP contribution in [0.5, 0.6) is 0 Å². The lowest BCUT2D eigenvalue weighted by atomic mass is 9.75. The zero-order valence-corrected chi connectivity index (χ0v) is 18.0. The number of anilines is 2. The van der Waals surface area contributed by atoms with E-state index in [1.807, 2.05) is 0 Å². The largest absolute Gasteiger partial charge is 0.390 e. The number of nitrogens with two attached hydrogens (primary N) is 2. The zero-order chi connectivity index (χ0) is 20.6. The van der Waals surface area contributed by atoms with Gasteiger partial charge in [0.05, 0.1) is 31.0 Å². The first-order valence-corrected chi connectivity index (χ1v) is 10.8. The molecule has 0 bridgehead atoms. The Morgan fingerprint density at radius 1 is 1.31 bits per heavy atom. The average Bonchev–Trinajstić information content (AvgIpc) is 3.06. The van der Waals surface area contributed by atoms with E-state index < -0.39 is 0 Å². The standard InChI is InChI=1S/C18H22Cl2N6O2S/c19-15-11(5-13(22)25-16(15)20)29-14-6-23-17(10(7-27)24-14)26-3-1-18(2-4-26)9-28-8-12(18)21/h5-6,12,27H,1-4,7-9,21H2,(H2,22,25)/t12-/m1/s1. The topological polar surface area (TPSA) is 123 Å². The Morgan fingerprint density at radius 2 is 2.07 bits per heavy atom. The van der Waals surface area contributed by atoms with Crippen LogP contribution < -0.4 is 16.4 Å². The van der Waals surface area contributed by atoms with Crippen molar-refractivity contribution in [2.45, 2.75) is 35.4 Å². The second-order valence-electron chi connectivity index (χ2n) is 7.36. The molecule has 0 aliphatic carbocycles. The third kappa shape index (κ3) is 4.12. The highest BCUT2D eigenvalue weighted by Crippen LogP contribution is 2.40. The van der Waals surface area contributed by atoms with Crippen molar-refractivity contribution in [2.24, 2.45) is 11.1 Å². The number of aromatic nitrogens is 3. The summed E-state index contributed by atoms with van der Waals surface area (Å²) in [6.45, 7) is 2.73. The summed E-state index contributed by atoms with van der Waals surface area (Å²) in [6, 6.07) is 1.71. The molecule has 0 saturated carbocycles. The van der Waals surface area contributed by atoms with Gasteiger partial charge in [0.1, 0.15) is 16.5 Å². The minimum atomic E-state index is -0.214. The Bertz CT molecular complexity index is 910. The molecular formula is C18H22Cl2N6O2S. The first kappa shape index (κ1) is 20.9. The van der Waals surface area contributed by atoms with Crippen LogP contribution in [0.4, 0.5) is 11.6 Å². The fourth-order valence-electron chi connectivity index (χ4n) is 3.86. The summed E-state index contributed by atoms with van der Waals surface area (Å²) in [6.07, 6.45) is 3.53. The molecule has 2 saturated heterocycles. The van der Waals surface area contributed by atoms with Gasteiger partial charge < -0.3 is 26.2 Å². The van der Waals surface area contributed by atoms with E-state index in [4.69, 9.17) is 39.4 Å². The molecule has 11 heteroatoms. The summed E-state index contributed by atoms with van der Waals surface area (Å²) in [5.41, 5.74) is 12.6. The predicted octanol–water partition coefficient (Wildman–Crippen LogP) is 2.35. The molecule has 0 unspecified atom stereocenters. The number of aliphatic hydroxyl groups excluding tert-OH is 1. The predicted molar refractivity (Wildman–Crippen MR) is 113 cm³/mol. The molecule has 2 aliphatic rings. The Hall–Kier alpha value is -1.36. The molecule has 2 fully saturated rings. The number of pyridine rings is 1. The van der Waals surface area contributed by atoms with Crippen LogP contribution in [-0.4, -0.2) is 52.4 Å². The van der Waals surface area contributed by atoms with Gasteiger partial charge in [0.15, 0.2) is 11.0 Å². The molecule has 156 valence electrons. The Labute approximate surface area is 182 Å². The van der Waals surface area contributed by atoms with Gasteiger partial charge in [0.25, 0.3) is 0 Å². The van der Waals surface area contributed by atoms with Gasteiger partial charge in [0.2, 0.25) is 0 Å². The monoisotopic (exact) mass is 456 g/mol. The van der Waals surface area contributed by atoms with Gasteiger partial charge in [-0.3, -0.25) is 0 Å². The van der Waals surface area contributed by atoms with Crippen molar-refractivity contribution in [3.8, 4) is 0 Å². The van der Waals surface area contributed by atoms with Gasteiger partial charge in [-0.25, -0.2) is 15.0 Å². The number of piperidine rings is 1. The molecule has 2 aliphatic heterocycles. The lowest BCUT2D eigenvalue weighted by Crippen LogP contribution is -2.49. The minimum Gasteiger partial charge on any atom is -0.390 e. The average molecular weight is 457 g/mol. The third-order valence-electron chi connectivity index (χ3n) is 5.60. The lowest BCUT2D eigenvalue weighted by molar-refractivity contribution is 0.131. The fourth-order valence-corrected chi connectivity index (χ4v) is 5.18. The van der Waals surface area contributed by atoms with E-state index in [-0.39, 0.29) is 29.0 Å². The van der Waals surface area contributed by atoms with Crippen LogP contribution in [0.2, 0.25) is 10.2 Å². The molecule has 1 atom stereocenters. The molecule has 8 nitrogen and oxygen atoms in total. The molecule has 5 N–H and O–H groups in total. The highest BCUT2D eigenvalue weighted by Gasteiger charge is 2.44. The third-order valence-corrected chi connectivity index (χ3v) is 7.41. The molecule has 2 aromatic heterocycles. The maximum Gasteiger partial charge on any atom is 0.152 e. The maximum absolute atomic E-state index is 9.87. The maximum atomic E-state index is 9.87. The lowest BCUT2D eigenvalue weighted by Gasteiger charge is -2.41. The Morgan fingerprint density at radius 3 is 2.72 bits per heavy atom. The van der Waals surface area contributed by atoms with Crippen molar-refractivity contribution < 1.29 is 9.84 Å². The van der Waals surface area contributed by atoms with Crippen LogP contribution in [-0.2, 0) is 11.3 Å². The van der Waals surface area contributed by atoms with Crippen LogP contribution in [0.15, 0.2) is 22.2 Å². The highest BCUT2D eigenvalue weighted by molar-refractivity contribution is 7.99. The number of hydrogen-bond acceptors (Lipinski definition) is 9. The summed E-state index contributed by atoms with van der Waals surface area (Å²) >= 11 is 13.5. The smallest absolute Gasteiger partial charge is 0.152 e. The van der Waals surface area contributed by atoms with Crippen LogP contribution in [0.25, 0.3) is 0 Å². The van der Waals surface area contributed by atoms with Crippen LogP contribution in [0.1, 0.15) is 18.5 Å². The molecule has 0 aromatic carbocycles. The summed E-state index contributed by atoms with van der Waals surface area (Å²) < 4.78 is 5.59. The minimum absolute atomic E-state index is 0.0520. The van der Waals surface area contributed by atoms with Crippen molar-refractivity contribution in [3.63, 3.8) is 0 Å². The van der Waals surface area contributed by atoms with Gasteiger partial charge in [-0.05, 0) is 18.9 Å². The summed E-state index contributed by atoms with van der Waals surface area (Å²) in [4.78, 5) is 15.8. The molecule has 29 heavy (non-hydrogen) atoms. The second-order valence-corrected chi connectivity index (χ2v) is 9.16. The number of nitrogen functional groups attached to an aromatic ring is 1. The van der Waals surface area contributed by atoms with Crippen molar-refractivity contribution in [3.05, 3.63) is 28.1 Å². The van der Waals surface area contributed by atoms with Gasteiger partial charge in [-0.15, -0.1) is 0 Å². The Kier molecular flexibility index (Phi) is 6.06. The molecule has 4 rings (SSSR count). The van der Waals surface area contributed by atoms with Crippen LogP contribution in [0.3, 0.4) is 0 Å². The number of halogens is 2. The fraction of sp³-hybridized carbons (Fsp3) is 0.500. The van der Waals surface area contributed by atoms with Crippen molar-refractivity contribution in [1.29, 1.82) is 0 Å². The van der Waals surface area contributed by atoms with Gasteiger partial charge in [-0.2, -0.15) is 0 Å². The zero-order valence-electron chi connectivity index (χ0n) is 15.6. The van der Waals surface area contributed by atoms with E-state index in [9.17, 15) is 5.11 Å². The molecule has 0 amide bonds. The summed E-state index contributed by atoms with van der Waals surface area (Å²) in [5, 5.41) is 10.9. The SMILES string of the molecule is Nc1cc(Sc2cnc(N3CCC4(CC3)COC[C@H]4N)c(CO)n2)c(Cl)c(Cl)n1. The van der Waals surface area contributed by atoms with Gasteiger partial charge in [-0.1, -0.05) is 35.0 Å². The molecule has 4 heterocycles. The van der Waals surface area contributed by atoms with Gasteiger partial charge in [0, 0.05) is 29.4 Å². The van der Waals surface area contributed by atoms with E-state index in [1.165, 1.54) is 11.8 Å². The second kappa shape index (κ2) is 8.41. The highest BCUT2D eigenvalue weighted by atomic mass is 35.5. The summed E-state index contributed by atoms with van der Waals surface area (Å²) in [5.74, 6) is 0.961. The number of hydrogen-bond donors (Lipinski definition) is 3. The van der Waals surface area contributed by atoms with Crippen molar-refractivity contribution in [2.75, 3.05) is 36.9 Å². The first-order valence-electron chi connectivity index (χ1n) is 9.26. The summed E-state index contributed by atoms with van der Waals surface area (Å²) in [7, 11) is 0. The van der Waals surface area contributed by atoms with E-state index in [1.54, 1.807) is 12.3 Å². The number of rotatable bonds is 4. The van der Waals surface area contributed by atoms with Crippen LogP contribution in [0, 0.1) is 5.41 Å². The van der Waals surface area contributed by atoms with Crippen LogP contribution >= 0.6 is 35.0 Å². The number of ether oxygens (including phenoxy) is 1. The normalized spacial score (nSPS) is 21.1. The van der Waals surface area contributed by atoms with E-state index in [0.717, 1.165) is 25.9 Å². The molecule has 2 aromatic rings. The molecule has 0 radical (unpaired) electrons. The molecular weight excluding hydrogens is 435 g/mol. The van der Waals surface area contributed by atoms with E-state index in [0.29, 0.717) is 39.7 Å². The Balaban J connectivity index is 1.52. The van der Waals surface area contributed by atoms with Gasteiger partial charge >= 0.3 is 0 Å². The number of nitrogens with zero attached hydrogens (tertiary/aromatic N) is 4. The first-order chi connectivity index (χ1) is 13.9. The number of aliphatic hydroxyl groups is 1. The quantitative estimate of drug-likeness (QED) is 0.594. The van der Waals surface area contributed by atoms with Crippen molar-refractivity contribution in [1.82, 2.24) is 15.0 Å². The van der Waals surface area contributed by atoms with Crippen molar-refractivity contribution >= 4 is 46.6 Å². The molecule has 1 spiro atoms.